The second-order valence-corrected chi connectivity index (χ2v) is 4.77. The van der Waals surface area contributed by atoms with Crippen molar-refractivity contribution in [1.29, 1.82) is 0 Å². The number of amides is 1. The van der Waals surface area contributed by atoms with Gasteiger partial charge in [0.25, 0.3) is 5.91 Å². The first-order chi connectivity index (χ1) is 8.04. The summed E-state index contributed by atoms with van der Waals surface area (Å²) < 4.78 is 26.2. The van der Waals surface area contributed by atoms with Crippen LogP contribution in [0.15, 0.2) is 18.2 Å². The fourth-order valence-electron chi connectivity index (χ4n) is 1.34. The van der Waals surface area contributed by atoms with Gasteiger partial charge in [0.2, 0.25) is 0 Å². The molecule has 1 amide bonds. The maximum Gasteiger partial charge on any atom is 0.254 e. The van der Waals surface area contributed by atoms with E-state index in [1.165, 1.54) is 0 Å². The zero-order valence-corrected chi connectivity index (χ0v) is 10.6. The molecule has 0 aliphatic carbocycles. The van der Waals surface area contributed by atoms with Gasteiger partial charge in [0.1, 0.15) is 11.6 Å². The van der Waals surface area contributed by atoms with Gasteiger partial charge in [-0.3, -0.25) is 4.79 Å². The molecular weight excluding hydrogens is 244 g/mol. The third kappa shape index (κ3) is 4.34. The molecule has 0 aliphatic rings. The normalized spacial score (nSPS) is 12.2. The highest BCUT2D eigenvalue weighted by Gasteiger charge is 2.14. The Morgan fingerprint density at radius 1 is 1.47 bits per heavy atom. The lowest BCUT2D eigenvalue weighted by atomic mass is 10.1. The maximum absolute atomic E-state index is 13.3. The first-order valence-electron chi connectivity index (χ1n) is 5.29. The molecule has 0 fully saturated rings. The number of benzene rings is 1. The van der Waals surface area contributed by atoms with Gasteiger partial charge < -0.3 is 5.32 Å². The number of halogens is 2. The summed E-state index contributed by atoms with van der Waals surface area (Å²) in [6.45, 7) is 1.84. The van der Waals surface area contributed by atoms with Gasteiger partial charge in [-0.25, -0.2) is 8.78 Å². The lowest BCUT2D eigenvalue weighted by molar-refractivity contribution is 0.0935. The molecule has 94 valence electrons. The third-order valence-electron chi connectivity index (χ3n) is 2.31. The first-order valence-corrected chi connectivity index (χ1v) is 6.69. The Labute approximate surface area is 104 Å². The number of carbonyl (C=O) groups excluding carboxylic acids is 1. The smallest absolute Gasteiger partial charge is 0.254 e. The van der Waals surface area contributed by atoms with Gasteiger partial charge in [0.15, 0.2) is 0 Å². The first kappa shape index (κ1) is 14.0. The summed E-state index contributed by atoms with van der Waals surface area (Å²) in [5.74, 6) is -0.988. The van der Waals surface area contributed by atoms with Crippen molar-refractivity contribution in [3.05, 3.63) is 35.4 Å². The summed E-state index contributed by atoms with van der Waals surface area (Å²) in [5, 5.41) is 2.64. The van der Waals surface area contributed by atoms with E-state index in [0.717, 1.165) is 30.4 Å². The fourth-order valence-corrected chi connectivity index (χ4v) is 1.93. The van der Waals surface area contributed by atoms with Crippen LogP contribution in [0.25, 0.3) is 0 Å². The zero-order chi connectivity index (χ0) is 12.8. The molecule has 1 N–H and O–H groups in total. The third-order valence-corrected chi connectivity index (χ3v) is 2.95. The van der Waals surface area contributed by atoms with E-state index in [1.807, 2.05) is 13.2 Å². The van der Waals surface area contributed by atoms with E-state index in [1.54, 1.807) is 11.8 Å². The van der Waals surface area contributed by atoms with Crippen LogP contribution in [0.1, 0.15) is 23.7 Å². The van der Waals surface area contributed by atoms with Gasteiger partial charge in [0, 0.05) is 6.04 Å². The minimum absolute atomic E-state index is 0.0578. The van der Waals surface area contributed by atoms with Crippen molar-refractivity contribution >= 4 is 17.7 Å². The Morgan fingerprint density at radius 2 is 2.18 bits per heavy atom. The standard InChI is InChI=1S/C12H15F2NOS/c1-8(5-6-17-2)15-12(16)10-7-9(13)3-4-11(10)14/h3-4,7-8H,5-6H2,1-2H3,(H,15,16)/t8-/m1/s1. The van der Waals surface area contributed by atoms with Crippen LogP contribution in [0.3, 0.4) is 0 Å². The summed E-state index contributed by atoms with van der Waals surface area (Å²) >= 11 is 1.67. The second-order valence-electron chi connectivity index (χ2n) is 3.78. The van der Waals surface area contributed by atoms with E-state index in [4.69, 9.17) is 0 Å². The molecule has 0 aromatic heterocycles. The van der Waals surface area contributed by atoms with Crippen molar-refractivity contribution in [3.8, 4) is 0 Å². The van der Waals surface area contributed by atoms with E-state index >= 15 is 0 Å². The minimum Gasteiger partial charge on any atom is -0.349 e. The van der Waals surface area contributed by atoms with Gasteiger partial charge >= 0.3 is 0 Å². The molecule has 0 heterocycles. The summed E-state index contributed by atoms with van der Waals surface area (Å²) in [5.41, 5.74) is -0.249. The largest absolute Gasteiger partial charge is 0.349 e. The lowest BCUT2D eigenvalue weighted by Gasteiger charge is -2.13. The van der Waals surface area contributed by atoms with Crippen molar-refractivity contribution in [2.24, 2.45) is 0 Å². The quantitative estimate of drug-likeness (QED) is 0.881. The van der Waals surface area contributed by atoms with Gasteiger partial charge in [0.05, 0.1) is 5.56 Å². The van der Waals surface area contributed by atoms with Crippen molar-refractivity contribution in [1.82, 2.24) is 5.32 Å². The Hall–Kier alpha value is -1.10. The van der Waals surface area contributed by atoms with Gasteiger partial charge in [-0.15, -0.1) is 0 Å². The van der Waals surface area contributed by atoms with Crippen LogP contribution in [-0.4, -0.2) is 24.0 Å². The van der Waals surface area contributed by atoms with Crippen molar-refractivity contribution in [2.75, 3.05) is 12.0 Å². The topological polar surface area (TPSA) is 29.1 Å². The Kier molecular flexibility index (Phi) is 5.41. The molecule has 1 rings (SSSR count). The molecule has 1 aromatic rings. The molecule has 0 saturated heterocycles. The molecule has 17 heavy (non-hydrogen) atoms. The number of carbonyl (C=O) groups is 1. The second kappa shape index (κ2) is 6.59. The number of rotatable bonds is 5. The molecule has 0 spiro atoms. The SMILES string of the molecule is CSCC[C@@H](C)NC(=O)c1cc(F)ccc1F. The van der Waals surface area contributed by atoms with Gasteiger partial charge in [-0.2, -0.15) is 11.8 Å². The predicted octanol–water partition coefficient (Wildman–Crippen LogP) is 2.84. The predicted molar refractivity (Wildman–Crippen MR) is 66.3 cm³/mol. The Balaban J connectivity index is 2.66. The van der Waals surface area contributed by atoms with Crippen LogP contribution in [0, 0.1) is 11.6 Å². The number of hydrogen-bond acceptors (Lipinski definition) is 2. The van der Waals surface area contributed by atoms with Crippen LogP contribution in [0.2, 0.25) is 0 Å². The molecule has 0 saturated carbocycles. The van der Waals surface area contributed by atoms with Crippen LogP contribution < -0.4 is 5.32 Å². The van der Waals surface area contributed by atoms with Crippen molar-refractivity contribution < 1.29 is 13.6 Å². The maximum atomic E-state index is 13.3. The summed E-state index contributed by atoms with van der Waals surface area (Å²) in [4.78, 5) is 11.7. The Bertz CT molecular complexity index is 398. The highest BCUT2D eigenvalue weighted by Crippen LogP contribution is 2.10. The van der Waals surface area contributed by atoms with Gasteiger partial charge in [-0.05, 0) is 43.6 Å². The van der Waals surface area contributed by atoms with Crippen LogP contribution in [0.5, 0.6) is 0 Å². The van der Waals surface area contributed by atoms with Gasteiger partial charge in [-0.1, -0.05) is 0 Å². The van der Waals surface area contributed by atoms with Crippen LogP contribution >= 0.6 is 11.8 Å². The van der Waals surface area contributed by atoms with E-state index in [0.29, 0.717) is 0 Å². The molecule has 0 unspecified atom stereocenters. The fraction of sp³-hybridized carbons (Fsp3) is 0.417. The summed E-state index contributed by atoms with van der Waals surface area (Å²) in [7, 11) is 0. The highest BCUT2D eigenvalue weighted by molar-refractivity contribution is 7.98. The lowest BCUT2D eigenvalue weighted by Crippen LogP contribution is -2.33. The molecule has 0 bridgehead atoms. The molecule has 0 aliphatic heterocycles. The van der Waals surface area contributed by atoms with E-state index < -0.39 is 17.5 Å². The molecule has 1 aromatic carbocycles. The molecule has 5 heteroatoms. The average Bonchev–Trinajstić information content (AvgIpc) is 2.29. The molecule has 1 atom stereocenters. The van der Waals surface area contributed by atoms with E-state index in [-0.39, 0.29) is 11.6 Å². The van der Waals surface area contributed by atoms with Crippen molar-refractivity contribution in [2.45, 2.75) is 19.4 Å². The number of thioether (sulfide) groups is 1. The Morgan fingerprint density at radius 3 is 2.82 bits per heavy atom. The van der Waals surface area contributed by atoms with Crippen molar-refractivity contribution in [3.63, 3.8) is 0 Å². The zero-order valence-electron chi connectivity index (χ0n) is 9.80. The van der Waals surface area contributed by atoms with E-state index in [2.05, 4.69) is 5.32 Å². The van der Waals surface area contributed by atoms with Crippen LogP contribution in [-0.2, 0) is 0 Å². The van der Waals surface area contributed by atoms with Crippen LogP contribution in [0.4, 0.5) is 8.78 Å². The van der Waals surface area contributed by atoms with E-state index in [9.17, 15) is 13.6 Å². The summed E-state index contributed by atoms with van der Waals surface area (Å²) in [6.07, 6.45) is 2.77. The number of nitrogens with one attached hydrogen (secondary N) is 1. The number of hydrogen-bond donors (Lipinski definition) is 1. The minimum atomic E-state index is -0.707. The molecule has 2 nitrogen and oxygen atoms in total. The monoisotopic (exact) mass is 259 g/mol. The average molecular weight is 259 g/mol. The summed E-state index contributed by atoms with van der Waals surface area (Å²) in [6, 6.07) is 2.80. The molecule has 0 radical (unpaired) electrons. The molecular formula is C12H15F2NOS. The highest BCUT2D eigenvalue weighted by atomic mass is 32.2.